The Kier molecular flexibility index (Phi) is 49.2. The van der Waals surface area contributed by atoms with Crippen LogP contribution in [0, 0.1) is 38.0 Å². The molecular formula is C104H140Cl4I4N4O13S3. The van der Waals surface area contributed by atoms with Crippen molar-refractivity contribution in [3.8, 4) is 46.0 Å². The summed E-state index contributed by atoms with van der Waals surface area (Å²) in [5, 5.41) is 41.3. The number of alkyl halides is 4. The first kappa shape index (κ1) is 113. The molecule has 0 radical (unpaired) electrons. The molecule has 17 nitrogen and oxygen atoms in total. The lowest BCUT2D eigenvalue weighted by Crippen LogP contribution is -2.42. The van der Waals surface area contributed by atoms with E-state index in [-0.39, 0.29) is 28.3 Å². The zero-order valence-electron chi connectivity index (χ0n) is 78.9. The van der Waals surface area contributed by atoms with Crippen LogP contribution in [0.25, 0.3) is 0 Å². The number of nitrogens with zero attached hydrogens (tertiary/aromatic N) is 4. The lowest BCUT2D eigenvalue weighted by molar-refractivity contribution is 0.00465. The Morgan fingerprint density at radius 2 is 0.477 bits per heavy atom. The van der Waals surface area contributed by atoms with Crippen molar-refractivity contribution in [2.75, 3.05) is 203 Å². The van der Waals surface area contributed by atoms with Gasteiger partial charge < -0.3 is 63.1 Å². The van der Waals surface area contributed by atoms with E-state index in [9.17, 15) is 20.4 Å². The predicted octanol–water partition coefficient (Wildman–Crippen LogP) is 21.9. The SMILES string of the molecule is CC(CCl)COc1ccc(C(C)(C)c2ccc(OCC(O)CN3CCSCC3)cc2)cc1[123I].C[C@@H](CCl)COc1ccc(C(C)(C)c2ccc(OC[C@@H](O)CN3CCSCC3)cc2)cc1[123I].C[C@H](CCl)COc1ccc(C(C)(C)c2ccc(OC[C@@H](O)CN3CCOCC3)cc2)cc1[123I].C[C@H](CCl)COc1ccc(C(C)(C)c2ccc(OC[C@H](O)CN3CCSCC3)cc2)cc1[123I]. The average molecular weight is 2380 g/mol. The van der Waals surface area contributed by atoms with Crippen molar-refractivity contribution in [2.45, 2.75) is 129 Å². The first-order valence-electron chi connectivity index (χ1n) is 46.0. The minimum atomic E-state index is -0.519. The van der Waals surface area contributed by atoms with Crippen molar-refractivity contribution in [3.63, 3.8) is 0 Å². The van der Waals surface area contributed by atoms with E-state index in [1.807, 2.05) is 89.9 Å². The molecule has 4 aliphatic rings. The van der Waals surface area contributed by atoms with E-state index in [2.05, 4.69) is 308 Å². The third-order valence-electron chi connectivity index (χ3n) is 24.1. The second-order valence-electron chi connectivity index (χ2n) is 37.0. The second-order valence-corrected chi connectivity index (χ2v) is 46.5. The average Bonchev–Trinajstić information content (AvgIpc) is 0.807. The number of β-amino-alcohol motifs (C(OH)–C–C–N with tert-alkyl or cyclic N) is 4. The molecule has 0 bridgehead atoms. The molecule has 0 amide bonds. The predicted molar refractivity (Wildman–Crippen MR) is 587 cm³/mol. The van der Waals surface area contributed by atoms with Crippen molar-refractivity contribution < 1.29 is 63.1 Å². The normalized spacial score (nSPS) is 16.9. The molecule has 0 aliphatic carbocycles. The number of aliphatic hydroxyl groups is 4. The molecule has 28 heteroatoms. The Bertz CT molecular complexity index is 4080. The summed E-state index contributed by atoms with van der Waals surface area (Å²) in [6, 6.07) is 58.4. The summed E-state index contributed by atoms with van der Waals surface area (Å²) in [6.07, 6.45) is -1.94. The molecular weight excluding hydrogens is 2240 g/mol. The van der Waals surface area contributed by atoms with E-state index in [1.165, 1.54) is 44.5 Å². The summed E-state index contributed by atoms with van der Waals surface area (Å²) in [5.41, 5.74) is 9.09. The summed E-state index contributed by atoms with van der Waals surface area (Å²) in [7, 11) is 0. The zero-order valence-corrected chi connectivity index (χ0v) is 93.0. The van der Waals surface area contributed by atoms with Crippen LogP contribution in [0.15, 0.2) is 170 Å². The summed E-state index contributed by atoms with van der Waals surface area (Å²) in [6.45, 7) is 41.9. The van der Waals surface area contributed by atoms with Crippen molar-refractivity contribution in [2.24, 2.45) is 23.7 Å². The maximum atomic E-state index is 10.3. The van der Waals surface area contributed by atoms with Gasteiger partial charge in [-0.15, -0.1) is 46.4 Å². The van der Waals surface area contributed by atoms with Gasteiger partial charge in [-0.3, -0.25) is 19.6 Å². The number of halogens is 8. The Morgan fingerprint density at radius 1 is 0.288 bits per heavy atom. The number of hydrogen-bond acceptors (Lipinski definition) is 20. The van der Waals surface area contributed by atoms with E-state index in [0.717, 1.165) is 160 Å². The Balaban J connectivity index is 0.000000198. The van der Waals surface area contributed by atoms with Gasteiger partial charge in [0.25, 0.3) is 0 Å². The lowest BCUT2D eigenvalue weighted by Gasteiger charge is -2.28. The highest BCUT2D eigenvalue weighted by molar-refractivity contribution is 14.1. The number of aliphatic hydroxyl groups excluding tert-OH is 4. The third-order valence-corrected chi connectivity index (χ3v) is 32.4. The molecule has 4 aliphatic heterocycles. The highest BCUT2D eigenvalue weighted by Gasteiger charge is 2.31. The molecule has 4 heterocycles. The van der Waals surface area contributed by atoms with Crippen LogP contribution >= 0.6 is 172 Å². The summed E-state index contributed by atoms with van der Waals surface area (Å²) in [4.78, 5) is 9.14. The van der Waals surface area contributed by atoms with Crippen LogP contribution in [-0.4, -0.2) is 267 Å². The van der Waals surface area contributed by atoms with E-state index in [4.69, 9.17) is 89.0 Å². The van der Waals surface area contributed by atoms with Crippen LogP contribution < -0.4 is 37.9 Å². The van der Waals surface area contributed by atoms with Crippen molar-refractivity contribution in [3.05, 3.63) is 229 Å². The Hall–Kier alpha value is -3.07. The number of rotatable bonds is 44. The van der Waals surface area contributed by atoms with Gasteiger partial charge in [0.1, 0.15) is 96.8 Å². The van der Waals surface area contributed by atoms with Crippen molar-refractivity contribution >= 4 is 172 Å². The van der Waals surface area contributed by atoms with Gasteiger partial charge in [0.2, 0.25) is 0 Å². The summed E-state index contributed by atoms with van der Waals surface area (Å²) >= 11 is 38.8. The molecule has 132 heavy (non-hydrogen) atoms. The van der Waals surface area contributed by atoms with Gasteiger partial charge in [0.15, 0.2) is 0 Å². The van der Waals surface area contributed by atoms with Crippen LogP contribution in [0.5, 0.6) is 46.0 Å². The minimum Gasteiger partial charge on any atom is -0.492 e. The molecule has 4 fully saturated rings. The van der Waals surface area contributed by atoms with Crippen LogP contribution in [0.2, 0.25) is 0 Å². The van der Waals surface area contributed by atoms with Crippen molar-refractivity contribution in [1.29, 1.82) is 0 Å². The number of morpholine rings is 1. The fraction of sp³-hybridized carbons (Fsp3) is 0.538. The van der Waals surface area contributed by atoms with Gasteiger partial charge in [-0.2, -0.15) is 35.3 Å². The lowest BCUT2D eigenvalue weighted by atomic mass is 9.78. The number of thioether (sulfide) groups is 3. The van der Waals surface area contributed by atoms with Crippen molar-refractivity contribution in [1.82, 2.24) is 19.6 Å². The van der Waals surface area contributed by atoms with Crippen LogP contribution in [0.1, 0.15) is 128 Å². The standard InChI is InChI=1S/C26H35ClINO4.3C26H35ClINO3S/c1-19(15-27)17-33-25-9-6-21(14-24(25)28)26(2,3)20-4-7-23(8-5-20)32-18-22(30)16-29-10-12-31-13-11-29;3*1-19(15-27)17-32-25-9-6-21(14-24(25)28)26(2,3)20-4-7-23(8-5-20)31-18-22(30)16-29-10-12-33-13-11-29/h4*4-9,14,19,22,30H,10-13,15-18H2,1-3H3/t19-,22+;2*19-,22-;/m110./s1/i4*28-4. The van der Waals surface area contributed by atoms with Gasteiger partial charge in [0, 0.05) is 182 Å². The minimum absolute atomic E-state index is 0.161. The van der Waals surface area contributed by atoms with Crippen LogP contribution in [-0.2, 0) is 26.4 Å². The fourth-order valence-corrected chi connectivity index (χ4v) is 21.0. The van der Waals surface area contributed by atoms with Gasteiger partial charge in [-0.25, -0.2) is 0 Å². The monoisotopic (exact) mass is 2380 g/mol. The molecule has 0 saturated carbocycles. The van der Waals surface area contributed by atoms with Gasteiger partial charge in [-0.05, 0) is 232 Å². The first-order chi connectivity index (χ1) is 63.2. The largest absolute Gasteiger partial charge is 0.492 e. The molecule has 2 unspecified atom stereocenters. The first-order valence-corrected chi connectivity index (χ1v) is 55.9. The fourth-order valence-electron chi connectivity index (χ4n) is 15.0. The van der Waals surface area contributed by atoms with E-state index >= 15 is 0 Å². The third kappa shape index (κ3) is 37.1. The molecule has 728 valence electrons. The topological polar surface area (TPSA) is 177 Å². The molecule has 8 aromatic rings. The molecule has 12 rings (SSSR count). The molecule has 4 saturated heterocycles. The van der Waals surface area contributed by atoms with Crippen LogP contribution in [0.4, 0.5) is 0 Å². The van der Waals surface area contributed by atoms with Crippen LogP contribution in [0.3, 0.4) is 0 Å². The number of hydrogen-bond donors (Lipinski definition) is 4. The summed E-state index contributed by atoms with van der Waals surface area (Å²) < 4.78 is 56.9. The molecule has 0 aromatic heterocycles. The van der Waals surface area contributed by atoms with E-state index in [1.54, 1.807) is 0 Å². The highest BCUT2D eigenvalue weighted by Crippen LogP contribution is 2.41. The smallest absolute Gasteiger partial charge is 0.132 e. The van der Waals surface area contributed by atoms with Gasteiger partial charge >= 0.3 is 0 Å². The van der Waals surface area contributed by atoms with E-state index in [0.29, 0.717) is 120 Å². The van der Waals surface area contributed by atoms with Gasteiger partial charge in [0.05, 0.1) is 53.9 Å². The maximum Gasteiger partial charge on any atom is 0.132 e. The maximum absolute atomic E-state index is 10.3. The number of ether oxygens (including phenoxy) is 9. The van der Waals surface area contributed by atoms with Gasteiger partial charge in [-0.1, -0.05) is 156 Å². The second kappa shape index (κ2) is 57.7. The molecule has 4 N–H and O–H groups in total. The molecule has 0 spiro atoms. The molecule has 8 atom stereocenters. The Morgan fingerprint density at radius 3 is 0.667 bits per heavy atom. The Labute approximate surface area is 875 Å². The van der Waals surface area contributed by atoms with E-state index < -0.39 is 24.4 Å². The number of benzene rings is 8. The zero-order chi connectivity index (χ0) is 95.4. The highest BCUT2D eigenvalue weighted by atomic mass is 123. The summed E-state index contributed by atoms with van der Waals surface area (Å²) in [5.74, 6) is 17.3. The quantitative estimate of drug-likeness (QED) is 0.0209. The molecule has 8 aromatic carbocycles.